The van der Waals surface area contributed by atoms with E-state index in [1.54, 1.807) is 17.5 Å². The van der Waals surface area contributed by atoms with E-state index < -0.39 is 0 Å². The fourth-order valence-electron chi connectivity index (χ4n) is 1.82. The van der Waals surface area contributed by atoms with Gasteiger partial charge in [0.1, 0.15) is 0 Å². The molecule has 0 saturated carbocycles. The summed E-state index contributed by atoms with van der Waals surface area (Å²) in [6.45, 7) is 2.09. The van der Waals surface area contributed by atoms with Crippen LogP contribution in [0.4, 0.5) is 17.3 Å². The predicted molar refractivity (Wildman–Crippen MR) is 84.2 cm³/mol. The molecule has 3 N–H and O–H groups in total. The average Bonchev–Trinajstić information content (AvgIpc) is 2.89. The number of thiophene rings is 1. The molecule has 3 rings (SSSR count). The van der Waals surface area contributed by atoms with Crippen LogP contribution in [0.15, 0.2) is 48.7 Å². The van der Waals surface area contributed by atoms with Gasteiger partial charge in [0.25, 0.3) is 0 Å². The van der Waals surface area contributed by atoms with Gasteiger partial charge in [-0.2, -0.15) is 0 Å². The summed E-state index contributed by atoms with van der Waals surface area (Å²) in [5, 5.41) is 3.17. The summed E-state index contributed by atoms with van der Waals surface area (Å²) in [6, 6.07) is 13.6. The molecule has 0 bridgehead atoms. The number of nitrogens with zero attached hydrogens (tertiary/aromatic N) is 2. The van der Waals surface area contributed by atoms with Gasteiger partial charge in [-0.05, 0) is 49.4 Å². The highest BCUT2D eigenvalue weighted by atomic mass is 32.1. The van der Waals surface area contributed by atoms with Crippen molar-refractivity contribution in [2.24, 2.45) is 0 Å². The van der Waals surface area contributed by atoms with Crippen molar-refractivity contribution in [1.29, 1.82) is 0 Å². The lowest BCUT2D eigenvalue weighted by atomic mass is 10.3. The number of benzene rings is 1. The molecule has 5 heteroatoms. The van der Waals surface area contributed by atoms with E-state index in [4.69, 9.17) is 5.73 Å². The van der Waals surface area contributed by atoms with E-state index in [1.165, 1.54) is 4.88 Å². The Morgan fingerprint density at radius 1 is 1.05 bits per heavy atom. The van der Waals surface area contributed by atoms with E-state index in [2.05, 4.69) is 34.3 Å². The molecule has 2 heterocycles. The van der Waals surface area contributed by atoms with Crippen LogP contribution >= 0.6 is 11.3 Å². The van der Waals surface area contributed by atoms with E-state index in [1.807, 2.05) is 30.3 Å². The maximum atomic E-state index is 5.66. The molecule has 20 heavy (non-hydrogen) atoms. The third-order valence-electron chi connectivity index (χ3n) is 2.82. The zero-order valence-electron chi connectivity index (χ0n) is 11.0. The van der Waals surface area contributed by atoms with E-state index in [-0.39, 0.29) is 0 Å². The smallest absolute Gasteiger partial charge is 0.227 e. The van der Waals surface area contributed by atoms with E-state index in [9.17, 15) is 0 Å². The summed E-state index contributed by atoms with van der Waals surface area (Å²) >= 11 is 1.72. The molecule has 0 aliphatic heterocycles. The molecule has 0 amide bonds. The number of hydrogen-bond donors (Lipinski definition) is 2. The molecule has 4 nitrogen and oxygen atoms in total. The van der Waals surface area contributed by atoms with Gasteiger partial charge in [-0.3, -0.25) is 0 Å². The van der Waals surface area contributed by atoms with Crippen LogP contribution in [0.5, 0.6) is 0 Å². The van der Waals surface area contributed by atoms with Crippen molar-refractivity contribution in [1.82, 2.24) is 9.97 Å². The lowest BCUT2D eigenvalue weighted by Gasteiger charge is -2.06. The van der Waals surface area contributed by atoms with Crippen LogP contribution < -0.4 is 11.1 Å². The molecular formula is C15H14N4S. The van der Waals surface area contributed by atoms with Crippen molar-refractivity contribution in [3.63, 3.8) is 0 Å². The number of rotatable bonds is 3. The van der Waals surface area contributed by atoms with Gasteiger partial charge in [0.2, 0.25) is 5.95 Å². The number of aromatic nitrogens is 2. The monoisotopic (exact) mass is 282 g/mol. The predicted octanol–water partition coefficient (Wildman–Crippen LogP) is 3.84. The normalized spacial score (nSPS) is 10.4. The highest BCUT2D eigenvalue weighted by Crippen LogP contribution is 2.26. The second kappa shape index (κ2) is 5.30. The van der Waals surface area contributed by atoms with Crippen LogP contribution in [0.1, 0.15) is 4.88 Å². The lowest BCUT2D eigenvalue weighted by molar-refractivity contribution is 1.17. The molecule has 0 saturated heterocycles. The molecule has 2 aromatic heterocycles. The number of hydrogen-bond acceptors (Lipinski definition) is 5. The number of anilines is 3. The van der Waals surface area contributed by atoms with E-state index in [0.717, 1.165) is 21.9 Å². The SMILES string of the molecule is Cc1ccc(-c2ccnc(Nc3ccc(N)cc3)n2)s1. The third-order valence-corrected chi connectivity index (χ3v) is 3.84. The standard InChI is InChI=1S/C15H14N4S/c1-10-2-7-14(20-10)13-8-9-17-15(19-13)18-12-5-3-11(16)4-6-12/h2-9H,16H2,1H3,(H,17,18,19). The van der Waals surface area contributed by atoms with Crippen molar-refractivity contribution in [3.8, 4) is 10.6 Å². The van der Waals surface area contributed by atoms with Crippen molar-refractivity contribution in [3.05, 3.63) is 53.5 Å². The molecule has 0 unspecified atom stereocenters. The lowest BCUT2D eigenvalue weighted by Crippen LogP contribution is -1.97. The summed E-state index contributed by atoms with van der Waals surface area (Å²) < 4.78 is 0. The van der Waals surface area contributed by atoms with Gasteiger partial charge in [0, 0.05) is 22.4 Å². The summed E-state index contributed by atoms with van der Waals surface area (Å²) in [5.74, 6) is 0.582. The number of aryl methyl sites for hydroxylation is 1. The van der Waals surface area contributed by atoms with Crippen LogP contribution in [0.2, 0.25) is 0 Å². The van der Waals surface area contributed by atoms with Crippen molar-refractivity contribution >= 4 is 28.7 Å². The van der Waals surface area contributed by atoms with Gasteiger partial charge in [0.05, 0.1) is 10.6 Å². The van der Waals surface area contributed by atoms with Gasteiger partial charge in [-0.1, -0.05) is 0 Å². The minimum atomic E-state index is 0.582. The quantitative estimate of drug-likeness (QED) is 0.716. The van der Waals surface area contributed by atoms with Crippen molar-refractivity contribution in [2.45, 2.75) is 6.92 Å². The minimum absolute atomic E-state index is 0.582. The topological polar surface area (TPSA) is 63.8 Å². The fraction of sp³-hybridized carbons (Fsp3) is 0.0667. The molecule has 1 aromatic carbocycles. The minimum Gasteiger partial charge on any atom is -0.399 e. The van der Waals surface area contributed by atoms with Crippen molar-refractivity contribution < 1.29 is 0 Å². The Morgan fingerprint density at radius 3 is 2.55 bits per heavy atom. The molecule has 0 fully saturated rings. The molecule has 0 spiro atoms. The largest absolute Gasteiger partial charge is 0.399 e. The van der Waals surface area contributed by atoms with Crippen molar-refractivity contribution in [2.75, 3.05) is 11.1 Å². The van der Waals surface area contributed by atoms with Crippen LogP contribution in [-0.4, -0.2) is 9.97 Å². The van der Waals surface area contributed by atoms with E-state index in [0.29, 0.717) is 5.95 Å². The molecular weight excluding hydrogens is 268 g/mol. The summed E-state index contributed by atoms with van der Waals surface area (Å²) in [7, 11) is 0. The second-order valence-corrected chi connectivity index (χ2v) is 5.71. The highest BCUT2D eigenvalue weighted by Gasteiger charge is 2.04. The Balaban J connectivity index is 1.86. The highest BCUT2D eigenvalue weighted by molar-refractivity contribution is 7.15. The van der Waals surface area contributed by atoms with Crippen LogP contribution in [0.3, 0.4) is 0 Å². The zero-order valence-corrected chi connectivity index (χ0v) is 11.8. The van der Waals surface area contributed by atoms with Gasteiger partial charge in [-0.15, -0.1) is 11.3 Å². The molecule has 0 radical (unpaired) electrons. The summed E-state index contributed by atoms with van der Waals surface area (Å²) in [4.78, 5) is 11.2. The Bertz CT molecular complexity index is 719. The first-order valence-electron chi connectivity index (χ1n) is 6.23. The van der Waals surface area contributed by atoms with Gasteiger partial charge in [0.15, 0.2) is 0 Å². The van der Waals surface area contributed by atoms with Gasteiger partial charge >= 0.3 is 0 Å². The summed E-state index contributed by atoms with van der Waals surface area (Å²) in [5.41, 5.74) is 8.24. The maximum Gasteiger partial charge on any atom is 0.227 e. The first kappa shape index (κ1) is 12.6. The molecule has 3 aromatic rings. The maximum absolute atomic E-state index is 5.66. The van der Waals surface area contributed by atoms with Crippen LogP contribution in [0.25, 0.3) is 10.6 Å². The molecule has 0 aliphatic carbocycles. The Labute approximate surface area is 121 Å². The average molecular weight is 282 g/mol. The van der Waals surface area contributed by atoms with E-state index >= 15 is 0 Å². The zero-order chi connectivity index (χ0) is 13.9. The number of nitrogens with two attached hydrogens (primary N) is 1. The molecule has 0 aliphatic rings. The summed E-state index contributed by atoms with van der Waals surface area (Å²) in [6.07, 6.45) is 1.76. The second-order valence-electron chi connectivity index (χ2n) is 4.42. The third kappa shape index (κ3) is 2.78. The van der Waals surface area contributed by atoms with Crippen LogP contribution in [-0.2, 0) is 0 Å². The van der Waals surface area contributed by atoms with Gasteiger partial charge < -0.3 is 11.1 Å². The molecule has 100 valence electrons. The Hall–Kier alpha value is -2.40. The number of nitrogen functional groups attached to an aromatic ring is 1. The van der Waals surface area contributed by atoms with Crippen LogP contribution in [0, 0.1) is 6.92 Å². The number of nitrogens with one attached hydrogen (secondary N) is 1. The first-order chi connectivity index (χ1) is 9.70. The van der Waals surface area contributed by atoms with Gasteiger partial charge in [-0.25, -0.2) is 9.97 Å². The fourth-order valence-corrected chi connectivity index (χ4v) is 2.66. The Kier molecular flexibility index (Phi) is 3.35. The Morgan fingerprint density at radius 2 is 1.85 bits per heavy atom. The first-order valence-corrected chi connectivity index (χ1v) is 7.05. The molecule has 0 atom stereocenters.